The van der Waals surface area contributed by atoms with Gasteiger partial charge in [0.1, 0.15) is 0 Å². The van der Waals surface area contributed by atoms with Gasteiger partial charge in [-0.25, -0.2) is 0 Å². The summed E-state index contributed by atoms with van der Waals surface area (Å²) < 4.78 is 0. The van der Waals surface area contributed by atoms with E-state index in [2.05, 4.69) is 6.92 Å². The standard InChI is InChI=1S/C11H22N2O/c1-3-10(12)11(14)13-8-6-4-5-7-9(13)2/h9-10H,3-8,12H2,1-2H3/t9?,10-/m0/s1. The zero-order chi connectivity index (χ0) is 10.6. The van der Waals surface area contributed by atoms with Crippen LogP contribution in [0, 0.1) is 0 Å². The van der Waals surface area contributed by atoms with Crippen molar-refractivity contribution in [3.63, 3.8) is 0 Å². The molecule has 3 nitrogen and oxygen atoms in total. The largest absolute Gasteiger partial charge is 0.339 e. The minimum absolute atomic E-state index is 0.141. The fourth-order valence-electron chi connectivity index (χ4n) is 1.99. The van der Waals surface area contributed by atoms with E-state index in [1.54, 1.807) is 0 Å². The van der Waals surface area contributed by atoms with Crippen LogP contribution in [0.3, 0.4) is 0 Å². The molecule has 0 aliphatic carbocycles. The Kier molecular flexibility index (Phi) is 4.39. The number of hydrogen-bond donors (Lipinski definition) is 1. The molecule has 0 aromatic heterocycles. The number of rotatable bonds is 2. The van der Waals surface area contributed by atoms with E-state index < -0.39 is 0 Å². The van der Waals surface area contributed by atoms with Gasteiger partial charge in [-0.2, -0.15) is 0 Å². The zero-order valence-corrected chi connectivity index (χ0v) is 9.33. The molecule has 1 fully saturated rings. The Hall–Kier alpha value is -0.570. The summed E-state index contributed by atoms with van der Waals surface area (Å²) in [5, 5.41) is 0. The van der Waals surface area contributed by atoms with Crippen LogP contribution in [-0.4, -0.2) is 29.4 Å². The Balaban J connectivity index is 2.58. The van der Waals surface area contributed by atoms with E-state index in [1.807, 2.05) is 11.8 Å². The first-order valence-corrected chi connectivity index (χ1v) is 5.73. The summed E-state index contributed by atoms with van der Waals surface area (Å²) >= 11 is 0. The summed E-state index contributed by atoms with van der Waals surface area (Å²) in [7, 11) is 0. The molecule has 0 aromatic carbocycles. The zero-order valence-electron chi connectivity index (χ0n) is 9.33. The third-order valence-electron chi connectivity index (χ3n) is 3.09. The highest BCUT2D eigenvalue weighted by molar-refractivity contribution is 5.81. The monoisotopic (exact) mass is 198 g/mol. The molecular formula is C11H22N2O. The van der Waals surface area contributed by atoms with Gasteiger partial charge < -0.3 is 10.6 Å². The topological polar surface area (TPSA) is 46.3 Å². The third-order valence-corrected chi connectivity index (χ3v) is 3.09. The Labute approximate surface area is 86.6 Å². The van der Waals surface area contributed by atoms with Crippen LogP contribution in [0.15, 0.2) is 0 Å². The second-order valence-corrected chi connectivity index (χ2v) is 4.24. The second-order valence-electron chi connectivity index (χ2n) is 4.24. The molecule has 1 unspecified atom stereocenters. The van der Waals surface area contributed by atoms with Gasteiger partial charge in [0.25, 0.3) is 0 Å². The lowest BCUT2D eigenvalue weighted by Crippen LogP contribution is -2.47. The minimum atomic E-state index is -0.296. The van der Waals surface area contributed by atoms with Crippen LogP contribution in [0.4, 0.5) is 0 Å². The van der Waals surface area contributed by atoms with Gasteiger partial charge >= 0.3 is 0 Å². The smallest absolute Gasteiger partial charge is 0.239 e. The van der Waals surface area contributed by atoms with E-state index >= 15 is 0 Å². The molecule has 1 heterocycles. The number of carbonyl (C=O) groups is 1. The average Bonchev–Trinajstić information content (AvgIpc) is 2.40. The van der Waals surface area contributed by atoms with Crippen LogP contribution < -0.4 is 5.73 Å². The van der Waals surface area contributed by atoms with Gasteiger partial charge in [0.05, 0.1) is 6.04 Å². The van der Waals surface area contributed by atoms with E-state index in [0.29, 0.717) is 6.04 Å². The summed E-state index contributed by atoms with van der Waals surface area (Å²) in [6.45, 7) is 4.99. The maximum absolute atomic E-state index is 11.9. The fraction of sp³-hybridized carbons (Fsp3) is 0.909. The van der Waals surface area contributed by atoms with Crippen molar-refractivity contribution < 1.29 is 4.79 Å². The first kappa shape index (κ1) is 11.5. The molecule has 0 aromatic rings. The summed E-state index contributed by atoms with van der Waals surface area (Å²) in [6.07, 6.45) is 5.48. The van der Waals surface area contributed by atoms with Crippen molar-refractivity contribution in [3.05, 3.63) is 0 Å². The molecule has 0 bridgehead atoms. The van der Waals surface area contributed by atoms with Crippen molar-refractivity contribution in [1.29, 1.82) is 0 Å². The molecule has 2 N–H and O–H groups in total. The Morgan fingerprint density at radius 3 is 2.86 bits per heavy atom. The second kappa shape index (κ2) is 5.35. The molecule has 3 heteroatoms. The number of hydrogen-bond acceptors (Lipinski definition) is 2. The summed E-state index contributed by atoms with van der Waals surface area (Å²) in [5.41, 5.74) is 5.77. The number of carbonyl (C=O) groups excluding carboxylic acids is 1. The van der Waals surface area contributed by atoms with Gasteiger partial charge in [-0.05, 0) is 26.2 Å². The van der Waals surface area contributed by atoms with E-state index in [-0.39, 0.29) is 11.9 Å². The van der Waals surface area contributed by atoms with Gasteiger partial charge in [-0.3, -0.25) is 4.79 Å². The van der Waals surface area contributed by atoms with Gasteiger partial charge in [0.15, 0.2) is 0 Å². The quantitative estimate of drug-likeness (QED) is 0.731. The van der Waals surface area contributed by atoms with Crippen LogP contribution in [0.1, 0.15) is 46.0 Å². The molecular weight excluding hydrogens is 176 g/mol. The maximum atomic E-state index is 11.9. The minimum Gasteiger partial charge on any atom is -0.339 e. The van der Waals surface area contributed by atoms with Gasteiger partial charge in [0, 0.05) is 12.6 Å². The highest BCUT2D eigenvalue weighted by Gasteiger charge is 2.24. The van der Waals surface area contributed by atoms with Gasteiger partial charge in [-0.15, -0.1) is 0 Å². The molecule has 1 saturated heterocycles. The van der Waals surface area contributed by atoms with Crippen molar-refractivity contribution in [1.82, 2.24) is 4.90 Å². The van der Waals surface area contributed by atoms with Crippen LogP contribution in [0.25, 0.3) is 0 Å². The van der Waals surface area contributed by atoms with Gasteiger partial charge in [-0.1, -0.05) is 19.8 Å². The van der Waals surface area contributed by atoms with Crippen molar-refractivity contribution in [2.45, 2.75) is 58.0 Å². The Morgan fingerprint density at radius 1 is 1.50 bits per heavy atom. The van der Waals surface area contributed by atoms with Gasteiger partial charge in [0.2, 0.25) is 5.91 Å². The molecule has 1 rings (SSSR count). The first-order chi connectivity index (χ1) is 6.66. The molecule has 14 heavy (non-hydrogen) atoms. The van der Waals surface area contributed by atoms with E-state index in [4.69, 9.17) is 5.73 Å². The van der Waals surface area contributed by atoms with Crippen LogP contribution >= 0.6 is 0 Å². The summed E-state index contributed by atoms with van der Waals surface area (Å²) in [5.74, 6) is 0.141. The lowest BCUT2D eigenvalue weighted by atomic mass is 10.1. The van der Waals surface area contributed by atoms with Crippen molar-refractivity contribution in [2.24, 2.45) is 5.73 Å². The fourth-order valence-corrected chi connectivity index (χ4v) is 1.99. The molecule has 1 aliphatic rings. The lowest BCUT2D eigenvalue weighted by molar-refractivity contribution is -0.134. The molecule has 1 aliphatic heterocycles. The lowest BCUT2D eigenvalue weighted by Gasteiger charge is -2.29. The van der Waals surface area contributed by atoms with E-state index in [9.17, 15) is 4.79 Å². The van der Waals surface area contributed by atoms with Crippen molar-refractivity contribution in [2.75, 3.05) is 6.54 Å². The predicted octanol–water partition coefficient (Wildman–Crippen LogP) is 1.51. The number of amides is 1. The summed E-state index contributed by atoms with van der Waals surface area (Å²) in [4.78, 5) is 13.9. The number of nitrogens with two attached hydrogens (primary N) is 1. The maximum Gasteiger partial charge on any atom is 0.239 e. The number of nitrogens with zero attached hydrogens (tertiary/aromatic N) is 1. The number of likely N-dealkylation sites (tertiary alicyclic amines) is 1. The van der Waals surface area contributed by atoms with Crippen LogP contribution in [0.5, 0.6) is 0 Å². The van der Waals surface area contributed by atoms with Crippen molar-refractivity contribution in [3.8, 4) is 0 Å². The SMILES string of the molecule is CC[C@H](N)C(=O)N1CCCCCC1C. The first-order valence-electron chi connectivity index (χ1n) is 5.73. The van der Waals surface area contributed by atoms with Crippen LogP contribution in [-0.2, 0) is 4.79 Å². The van der Waals surface area contributed by atoms with Crippen molar-refractivity contribution >= 4 is 5.91 Å². The van der Waals surface area contributed by atoms with E-state index in [1.165, 1.54) is 12.8 Å². The summed E-state index contributed by atoms with van der Waals surface area (Å²) in [6, 6.07) is 0.0816. The Morgan fingerprint density at radius 2 is 2.21 bits per heavy atom. The molecule has 0 spiro atoms. The molecule has 1 amide bonds. The molecule has 0 saturated carbocycles. The van der Waals surface area contributed by atoms with E-state index in [0.717, 1.165) is 25.8 Å². The predicted molar refractivity (Wildman–Crippen MR) is 57.9 cm³/mol. The highest BCUT2D eigenvalue weighted by Crippen LogP contribution is 2.17. The molecule has 0 radical (unpaired) electrons. The highest BCUT2D eigenvalue weighted by atomic mass is 16.2. The molecule has 82 valence electrons. The normalized spacial score (nSPS) is 25.6. The Bertz CT molecular complexity index is 194. The molecule has 2 atom stereocenters. The average molecular weight is 198 g/mol. The van der Waals surface area contributed by atoms with Crippen LogP contribution in [0.2, 0.25) is 0 Å². The third kappa shape index (κ3) is 2.71.